The number of hydrogen-bond acceptors (Lipinski definition) is 3. The Labute approximate surface area is 106 Å². The molecule has 0 saturated carbocycles. The number of benzene rings is 1. The summed E-state index contributed by atoms with van der Waals surface area (Å²) < 4.78 is 18.3. The van der Waals surface area contributed by atoms with Crippen molar-refractivity contribution in [1.29, 1.82) is 0 Å². The second-order valence-electron chi connectivity index (χ2n) is 3.96. The average molecular weight is 254 g/mol. The number of ether oxygens (including phenoxy) is 1. The van der Waals surface area contributed by atoms with Crippen LogP contribution in [0.25, 0.3) is 0 Å². The molecule has 0 aliphatic carbocycles. The number of amides is 1. The van der Waals surface area contributed by atoms with E-state index in [4.69, 9.17) is 10.5 Å². The molecule has 3 N–H and O–H groups in total. The molecule has 0 spiro atoms. The van der Waals surface area contributed by atoms with Gasteiger partial charge < -0.3 is 15.8 Å². The van der Waals surface area contributed by atoms with Gasteiger partial charge in [0.05, 0.1) is 18.3 Å². The van der Waals surface area contributed by atoms with E-state index in [2.05, 4.69) is 5.32 Å². The van der Waals surface area contributed by atoms with Crippen LogP contribution >= 0.6 is 0 Å². The zero-order valence-corrected chi connectivity index (χ0v) is 10.7. The molecular formula is C13H19FN2O2. The molecule has 0 aromatic heterocycles. The Morgan fingerprint density at radius 2 is 2.22 bits per heavy atom. The van der Waals surface area contributed by atoms with Crippen molar-refractivity contribution in [2.24, 2.45) is 5.73 Å². The zero-order chi connectivity index (χ0) is 13.5. The third kappa shape index (κ3) is 4.00. The van der Waals surface area contributed by atoms with Crippen LogP contribution in [0.4, 0.5) is 10.1 Å². The van der Waals surface area contributed by atoms with Crippen molar-refractivity contribution in [3.05, 3.63) is 24.0 Å². The maximum absolute atomic E-state index is 13.1. The number of carbonyl (C=O) groups is 1. The quantitative estimate of drug-likeness (QED) is 0.818. The molecule has 18 heavy (non-hydrogen) atoms. The minimum atomic E-state index is -0.561. The van der Waals surface area contributed by atoms with Gasteiger partial charge in [-0.2, -0.15) is 0 Å². The van der Waals surface area contributed by atoms with Crippen LogP contribution in [0.2, 0.25) is 0 Å². The summed E-state index contributed by atoms with van der Waals surface area (Å²) in [5, 5.41) is 2.65. The number of rotatable bonds is 6. The van der Waals surface area contributed by atoms with Gasteiger partial charge in [-0.25, -0.2) is 4.39 Å². The van der Waals surface area contributed by atoms with E-state index in [1.807, 2.05) is 6.92 Å². The highest BCUT2D eigenvalue weighted by molar-refractivity contribution is 5.95. The summed E-state index contributed by atoms with van der Waals surface area (Å²) in [7, 11) is 0. The number of anilines is 1. The third-order valence-corrected chi connectivity index (χ3v) is 2.44. The van der Waals surface area contributed by atoms with Gasteiger partial charge in [-0.1, -0.05) is 13.3 Å². The molecule has 1 unspecified atom stereocenters. The maximum Gasteiger partial charge on any atom is 0.241 e. The summed E-state index contributed by atoms with van der Waals surface area (Å²) >= 11 is 0. The normalized spacial score (nSPS) is 12.0. The molecular weight excluding hydrogens is 235 g/mol. The lowest BCUT2D eigenvalue weighted by Crippen LogP contribution is -2.35. The van der Waals surface area contributed by atoms with Crippen molar-refractivity contribution in [3.63, 3.8) is 0 Å². The van der Waals surface area contributed by atoms with Crippen LogP contribution in [0.3, 0.4) is 0 Å². The lowest BCUT2D eigenvalue weighted by molar-refractivity contribution is -0.117. The van der Waals surface area contributed by atoms with Gasteiger partial charge in [0.1, 0.15) is 11.6 Å². The molecule has 0 aliphatic rings. The van der Waals surface area contributed by atoms with E-state index in [1.54, 1.807) is 6.92 Å². The van der Waals surface area contributed by atoms with Crippen molar-refractivity contribution in [2.45, 2.75) is 32.7 Å². The van der Waals surface area contributed by atoms with Crippen LogP contribution in [0, 0.1) is 5.82 Å². The molecule has 5 heteroatoms. The average Bonchev–Trinajstić information content (AvgIpc) is 2.33. The number of nitrogens with two attached hydrogens (primary N) is 1. The molecule has 1 amide bonds. The first-order valence-corrected chi connectivity index (χ1v) is 6.07. The second-order valence-corrected chi connectivity index (χ2v) is 3.96. The van der Waals surface area contributed by atoms with Gasteiger partial charge >= 0.3 is 0 Å². The van der Waals surface area contributed by atoms with E-state index >= 15 is 0 Å². The third-order valence-electron chi connectivity index (χ3n) is 2.44. The zero-order valence-electron chi connectivity index (χ0n) is 10.7. The molecule has 1 aromatic rings. The van der Waals surface area contributed by atoms with Gasteiger partial charge in [-0.3, -0.25) is 4.79 Å². The minimum Gasteiger partial charge on any atom is -0.492 e. The van der Waals surface area contributed by atoms with E-state index < -0.39 is 11.9 Å². The molecule has 1 rings (SSSR count). The van der Waals surface area contributed by atoms with Crippen molar-refractivity contribution in [3.8, 4) is 5.75 Å². The fourth-order valence-corrected chi connectivity index (χ4v) is 1.54. The Balaban J connectivity index is 2.80. The minimum absolute atomic E-state index is 0.288. The molecule has 0 aliphatic heterocycles. The van der Waals surface area contributed by atoms with E-state index in [1.165, 1.54) is 18.2 Å². The van der Waals surface area contributed by atoms with Crippen molar-refractivity contribution >= 4 is 11.6 Å². The highest BCUT2D eigenvalue weighted by atomic mass is 19.1. The Kier molecular flexibility index (Phi) is 5.58. The van der Waals surface area contributed by atoms with Crippen LogP contribution in [-0.4, -0.2) is 18.6 Å². The first kappa shape index (κ1) is 14.4. The van der Waals surface area contributed by atoms with Gasteiger partial charge in [-0.15, -0.1) is 0 Å². The maximum atomic E-state index is 13.1. The molecule has 0 saturated heterocycles. The molecule has 0 radical (unpaired) electrons. The SMILES string of the molecule is CCCC(N)C(=O)Nc1ccc(F)cc1OCC. The molecule has 0 fully saturated rings. The monoisotopic (exact) mass is 254 g/mol. The second kappa shape index (κ2) is 6.96. The number of nitrogens with one attached hydrogen (secondary N) is 1. The Hall–Kier alpha value is -1.62. The van der Waals surface area contributed by atoms with Gasteiger partial charge in [0.25, 0.3) is 0 Å². The van der Waals surface area contributed by atoms with Crippen molar-refractivity contribution in [2.75, 3.05) is 11.9 Å². The van der Waals surface area contributed by atoms with Gasteiger partial charge in [0, 0.05) is 6.07 Å². The number of carbonyl (C=O) groups excluding carboxylic acids is 1. The largest absolute Gasteiger partial charge is 0.492 e. The van der Waals surface area contributed by atoms with Crippen LogP contribution in [0.1, 0.15) is 26.7 Å². The molecule has 4 nitrogen and oxygen atoms in total. The highest BCUT2D eigenvalue weighted by Crippen LogP contribution is 2.25. The van der Waals surface area contributed by atoms with E-state index in [9.17, 15) is 9.18 Å². The molecule has 1 atom stereocenters. The number of hydrogen-bond donors (Lipinski definition) is 2. The van der Waals surface area contributed by atoms with E-state index in [0.29, 0.717) is 24.5 Å². The number of halogens is 1. The smallest absolute Gasteiger partial charge is 0.241 e. The van der Waals surface area contributed by atoms with Crippen LogP contribution in [0.5, 0.6) is 5.75 Å². The molecule has 1 aromatic carbocycles. The summed E-state index contributed by atoms with van der Waals surface area (Å²) in [6, 6.07) is 3.42. The molecule has 100 valence electrons. The fourth-order valence-electron chi connectivity index (χ4n) is 1.54. The summed E-state index contributed by atoms with van der Waals surface area (Å²) in [5.74, 6) is -0.381. The lowest BCUT2D eigenvalue weighted by atomic mass is 10.1. The Morgan fingerprint density at radius 3 is 2.83 bits per heavy atom. The van der Waals surface area contributed by atoms with Crippen LogP contribution < -0.4 is 15.8 Å². The molecule has 0 bridgehead atoms. The predicted octanol–water partition coefficient (Wildman–Crippen LogP) is 2.29. The van der Waals surface area contributed by atoms with Gasteiger partial charge in [0.2, 0.25) is 5.91 Å². The summed E-state index contributed by atoms with van der Waals surface area (Å²) in [6.45, 7) is 4.14. The predicted molar refractivity (Wildman–Crippen MR) is 69.1 cm³/mol. The molecule has 0 heterocycles. The van der Waals surface area contributed by atoms with Crippen molar-refractivity contribution in [1.82, 2.24) is 0 Å². The van der Waals surface area contributed by atoms with Crippen LogP contribution in [-0.2, 0) is 4.79 Å². The Bertz CT molecular complexity index is 410. The Morgan fingerprint density at radius 1 is 1.50 bits per heavy atom. The van der Waals surface area contributed by atoms with E-state index in [0.717, 1.165) is 6.42 Å². The standard InChI is InChI=1S/C13H19FN2O2/c1-3-5-10(15)13(17)16-11-7-6-9(14)8-12(11)18-4-2/h6-8,10H,3-5,15H2,1-2H3,(H,16,17). The summed E-state index contributed by atoms with van der Waals surface area (Å²) in [6.07, 6.45) is 1.44. The summed E-state index contributed by atoms with van der Waals surface area (Å²) in [5.41, 5.74) is 6.14. The first-order valence-electron chi connectivity index (χ1n) is 6.07. The fraction of sp³-hybridized carbons (Fsp3) is 0.462. The topological polar surface area (TPSA) is 64.4 Å². The van der Waals surface area contributed by atoms with Crippen molar-refractivity contribution < 1.29 is 13.9 Å². The van der Waals surface area contributed by atoms with E-state index in [-0.39, 0.29) is 5.91 Å². The van der Waals surface area contributed by atoms with Crippen LogP contribution in [0.15, 0.2) is 18.2 Å². The highest BCUT2D eigenvalue weighted by Gasteiger charge is 2.15. The van der Waals surface area contributed by atoms with Gasteiger partial charge in [-0.05, 0) is 25.5 Å². The first-order chi connectivity index (χ1) is 8.58. The lowest BCUT2D eigenvalue weighted by Gasteiger charge is -2.14. The summed E-state index contributed by atoms with van der Waals surface area (Å²) in [4.78, 5) is 11.8. The van der Waals surface area contributed by atoms with Gasteiger partial charge in [0.15, 0.2) is 0 Å².